The number of aromatic nitrogens is 2. The standard InChI is InChI=1S/C24H26N8O4/c33-22-18-16(2-1-3-17(18)26-23(34)29-32-10-12-36-13-11-32)21-19(22)20(27-28-21)15-4-7-30(8-5-15)24(35)31-9-6-25-14-31/h1-3,6,9,14-15,21H,4-5,7-8,10-13H2,(H2,26,29,34). The lowest BCUT2D eigenvalue weighted by atomic mass is 9.89. The third-order valence-corrected chi connectivity index (χ3v) is 7.09. The van der Waals surface area contributed by atoms with Gasteiger partial charge in [-0.2, -0.15) is 10.2 Å². The van der Waals surface area contributed by atoms with Crippen LogP contribution in [0.5, 0.6) is 0 Å². The summed E-state index contributed by atoms with van der Waals surface area (Å²) in [6.45, 7) is 3.44. The monoisotopic (exact) mass is 490 g/mol. The Morgan fingerprint density at radius 3 is 2.64 bits per heavy atom. The number of anilines is 1. The number of benzene rings is 1. The highest BCUT2D eigenvalue weighted by atomic mass is 16.5. The highest BCUT2D eigenvalue weighted by Gasteiger charge is 2.44. The number of urea groups is 1. The number of hydrogen-bond acceptors (Lipinski definition) is 8. The predicted octanol–water partition coefficient (Wildman–Crippen LogP) is 2.59. The molecule has 2 fully saturated rings. The Balaban J connectivity index is 1.17. The molecule has 2 N–H and O–H groups in total. The van der Waals surface area contributed by atoms with Crippen molar-refractivity contribution in [2.45, 2.75) is 18.9 Å². The SMILES string of the molecule is O=C(Nc1cccc2c1C(=O)C1=C(C3CCN(C(=O)n4ccnc4)CC3)N=NC12)NN1CCOCC1. The van der Waals surface area contributed by atoms with Gasteiger partial charge in [-0.15, -0.1) is 0 Å². The van der Waals surface area contributed by atoms with Crippen molar-refractivity contribution in [1.82, 2.24) is 24.9 Å². The number of nitrogens with one attached hydrogen (secondary N) is 2. The number of ketones is 1. The van der Waals surface area contributed by atoms with Crippen LogP contribution < -0.4 is 10.7 Å². The average molecular weight is 491 g/mol. The number of hydrogen-bond donors (Lipinski definition) is 2. The summed E-state index contributed by atoms with van der Waals surface area (Å²) in [7, 11) is 0. The minimum atomic E-state index is -0.447. The van der Waals surface area contributed by atoms with Crippen molar-refractivity contribution in [3.63, 3.8) is 0 Å². The molecule has 0 saturated carbocycles. The highest BCUT2D eigenvalue weighted by molar-refractivity contribution is 6.19. The van der Waals surface area contributed by atoms with Crippen LogP contribution in [-0.4, -0.2) is 76.7 Å². The summed E-state index contributed by atoms with van der Waals surface area (Å²) >= 11 is 0. The van der Waals surface area contributed by atoms with E-state index in [2.05, 4.69) is 26.0 Å². The number of carbonyl (C=O) groups is 3. The van der Waals surface area contributed by atoms with Crippen LogP contribution in [0, 0.1) is 5.92 Å². The molecule has 3 amide bonds. The number of rotatable bonds is 3. The van der Waals surface area contributed by atoms with E-state index in [0.717, 1.165) is 5.56 Å². The Hall–Kier alpha value is -3.90. The topological polar surface area (TPSA) is 134 Å². The van der Waals surface area contributed by atoms with Crippen LogP contribution in [0.4, 0.5) is 15.3 Å². The zero-order valence-corrected chi connectivity index (χ0v) is 19.6. The number of imidazole rings is 1. The van der Waals surface area contributed by atoms with Crippen LogP contribution in [-0.2, 0) is 4.74 Å². The van der Waals surface area contributed by atoms with E-state index in [1.165, 1.54) is 10.9 Å². The summed E-state index contributed by atoms with van der Waals surface area (Å²) in [5, 5.41) is 13.5. The van der Waals surface area contributed by atoms with Crippen LogP contribution in [0.2, 0.25) is 0 Å². The number of likely N-dealkylation sites (tertiary alicyclic amines) is 1. The number of Topliss-reactive ketones (excluding diaryl/α,β-unsaturated/α-hetero) is 1. The first-order valence-electron chi connectivity index (χ1n) is 12.1. The summed E-state index contributed by atoms with van der Waals surface area (Å²) in [6.07, 6.45) is 6.10. The molecule has 0 bridgehead atoms. The van der Waals surface area contributed by atoms with E-state index in [4.69, 9.17) is 4.74 Å². The number of nitrogens with zero attached hydrogens (tertiary/aromatic N) is 6. The largest absolute Gasteiger partial charge is 0.379 e. The smallest absolute Gasteiger partial charge is 0.333 e. The summed E-state index contributed by atoms with van der Waals surface area (Å²) in [5.41, 5.74) is 5.79. The van der Waals surface area contributed by atoms with Gasteiger partial charge in [0.1, 0.15) is 12.4 Å². The molecule has 0 radical (unpaired) electrons. The third kappa shape index (κ3) is 3.97. The summed E-state index contributed by atoms with van der Waals surface area (Å²) in [5.74, 6) is -0.103. The predicted molar refractivity (Wildman–Crippen MR) is 127 cm³/mol. The average Bonchev–Trinajstić information content (AvgIpc) is 3.64. The minimum Gasteiger partial charge on any atom is -0.379 e. The second-order valence-electron chi connectivity index (χ2n) is 9.20. The van der Waals surface area contributed by atoms with Gasteiger partial charge in [-0.25, -0.2) is 19.6 Å². The van der Waals surface area contributed by atoms with Gasteiger partial charge in [0.05, 0.1) is 35.7 Å². The van der Waals surface area contributed by atoms with Crippen molar-refractivity contribution in [2.75, 3.05) is 44.7 Å². The van der Waals surface area contributed by atoms with Gasteiger partial charge in [0, 0.05) is 44.5 Å². The van der Waals surface area contributed by atoms with Gasteiger partial charge in [0.15, 0.2) is 5.78 Å². The number of ether oxygens (including phenoxy) is 1. The number of hydrazine groups is 1. The molecular formula is C24H26N8O4. The van der Waals surface area contributed by atoms with Gasteiger partial charge in [0.25, 0.3) is 0 Å². The molecule has 2 aromatic rings. The summed E-state index contributed by atoms with van der Waals surface area (Å²) in [6, 6.07) is 4.45. The number of morpholine rings is 1. The second-order valence-corrected chi connectivity index (χ2v) is 9.20. The first-order chi connectivity index (χ1) is 17.6. The van der Waals surface area contributed by atoms with Crippen molar-refractivity contribution < 1.29 is 19.1 Å². The number of piperidine rings is 1. The highest BCUT2D eigenvalue weighted by Crippen LogP contribution is 2.49. The maximum Gasteiger partial charge on any atom is 0.333 e. The fourth-order valence-corrected chi connectivity index (χ4v) is 5.27. The Morgan fingerprint density at radius 2 is 1.89 bits per heavy atom. The van der Waals surface area contributed by atoms with Crippen molar-refractivity contribution >= 4 is 23.5 Å². The van der Waals surface area contributed by atoms with Gasteiger partial charge in [0.2, 0.25) is 0 Å². The molecule has 0 spiro atoms. The maximum atomic E-state index is 13.6. The summed E-state index contributed by atoms with van der Waals surface area (Å²) in [4.78, 5) is 44.5. The van der Waals surface area contributed by atoms with E-state index in [9.17, 15) is 14.4 Å². The first kappa shape index (κ1) is 22.6. The van der Waals surface area contributed by atoms with Crippen molar-refractivity contribution in [3.05, 3.63) is 59.3 Å². The van der Waals surface area contributed by atoms with Crippen LogP contribution in [0.1, 0.15) is 34.8 Å². The minimum absolute atomic E-state index is 0.0416. The number of azo groups is 1. The van der Waals surface area contributed by atoms with Crippen molar-refractivity contribution in [3.8, 4) is 0 Å². The van der Waals surface area contributed by atoms with Crippen molar-refractivity contribution in [1.29, 1.82) is 0 Å². The lowest BCUT2D eigenvalue weighted by molar-refractivity contribution is 0.0207. The molecule has 2 saturated heterocycles. The van der Waals surface area contributed by atoms with Gasteiger partial charge in [-0.1, -0.05) is 12.1 Å². The quantitative estimate of drug-likeness (QED) is 0.679. The van der Waals surface area contributed by atoms with E-state index in [1.54, 1.807) is 28.4 Å². The lowest BCUT2D eigenvalue weighted by Gasteiger charge is -2.31. The normalized spacial score (nSPS) is 22.1. The van der Waals surface area contributed by atoms with Crippen molar-refractivity contribution in [2.24, 2.45) is 16.1 Å². The number of amides is 3. The molecule has 3 aliphatic heterocycles. The third-order valence-electron chi connectivity index (χ3n) is 7.09. The molecule has 1 aromatic heterocycles. The van der Waals surface area contributed by atoms with E-state index < -0.39 is 12.1 Å². The van der Waals surface area contributed by atoms with E-state index >= 15 is 0 Å². The van der Waals surface area contributed by atoms with Gasteiger partial charge in [-0.05, 0) is 24.5 Å². The van der Waals surface area contributed by atoms with Crippen LogP contribution in [0.3, 0.4) is 0 Å². The van der Waals surface area contributed by atoms with Gasteiger partial charge in [-0.3, -0.25) is 14.8 Å². The van der Waals surface area contributed by atoms with E-state index in [1.807, 2.05) is 12.1 Å². The van der Waals surface area contributed by atoms with E-state index in [-0.39, 0.29) is 17.7 Å². The maximum absolute atomic E-state index is 13.6. The fraction of sp³-hybridized carbons (Fsp3) is 0.417. The zero-order valence-electron chi connectivity index (χ0n) is 19.6. The molecule has 1 aliphatic carbocycles. The second kappa shape index (κ2) is 9.28. The first-order valence-corrected chi connectivity index (χ1v) is 12.1. The molecule has 4 heterocycles. The van der Waals surface area contributed by atoms with Crippen LogP contribution in [0.15, 0.2) is 58.4 Å². The molecule has 6 rings (SSSR count). The summed E-state index contributed by atoms with van der Waals surface area (Å²) < 4.78 is 6.77. The molecule has 4 aliphatic rings. The molecule has 1 atom stereocenters. The Bertz CT molecular complexity index is 1260. The number of allylic oxidation sites excluding steroid dienone is 1. The van der Waals surface area contributed by atoms with Crippen LogP contribution >= 0.6 is 0 Å². The van der Waals surface area contributed by atoms with Gasteiger partial charge < -0.3 is 15.0 Å². The Morgan fingerprint density at radius 1 is 1.08 bits per heavy atom. The molecule has 186 valence electrons. The number of carbonyl (C=O) groups excluding carboxylic acids is 3. The molecular weight excluding hydrogens is 464 g/mol. The lowest BCUT2D eigenvalue weighted by Crippen LogP contribution is -2.49. The molecule has 1 aromatic carbocycles. The molecule has 36 heavy (non-hydrogen) atoms. The van der Waals surface area contributed by atoms with Crippen LogP contribution in [0.25, 0.3) is 0 Å². The molecule has 1 unspecified atom stereocenters. The zero-order chi connectivity index (χ0) is 24.6. The van der Waals surface area contributed by atoms with Gasteiger partial charge >= 0.3 is 12.1 Å². The number of fused-ring (bicyclic) bond motifs is 3. The molecule has 12 heteroatoms. The Kier molecular flexibility index (Phi) is 5.82. The fourth-order valence-electron chi connectivity index (χ4n) is 5.27. The van der Waals surface area contributed by atoms with E-state index in [0.29, 0.717) is 74.8 Å². The Labute approximate surface area is 207 Å². The molecule has 12 nitrogen and oxygen atoms in total.